The van der Waals surface area contributed by atoms with Crippen LogP contribution < -0.4 is 10.6 Å². The lowest BCUT2D eigenvalue weighted by molar-refractivity contribution is -0.141. The molecule has 0 unspecified atom stereocenters. The zero-order valence-corrected chi connectivity index (χ0v) is 11.2. The van der Waals surface area contributed by atoms with Gasteiger partial charge in [0.2, 0.25) is 5.91 Å². The molecule has 2 heterocycles. The third-order valence-electron chi connectivity index (χ3n) is 3.07. The average Bonchev–Trinajstić information content (AvgIpc) is 2.46. The first kappa shape index (κ1) is 15.7. The SMILES string of the molecule is O=C(COC1CCNCC1)Nc1ccc(C(F)(F)F)nc1. The first-order chi connectivity index (χ1) is 9.95. The Balaban J connectivity index is 1.79. The minimum Gasteiger partial charge on any atom is -0.368 e. The summed E-state index contributed by atoms with van der Waals surface area (Å²) in [6, 6.07) is 1.99. The Labute approximate surface area is 119 Å². The van der Waals surface area contributed by atoms with Gasteiger partial charge in [0.1, 0.15) is 12.3 Å². The van der Waals surface area contributed by atoms with E-state index in [-0.39, 0.29) is 18.4 Å². The average molecular weight is 303 g/mol. The normalized spacial score (nSPS) is 16.7. The van der Waals surface area contributed by atoms with E-state index in [1.54, 1.807) is 0 Å². The summed E-state index contributed by atoms with van der Waals surface area (Å²) in [5, 5.41) is 5.63. The van der Waals surface area contributed by atoms with E-state index in [4.69, 9.17) is 4.74 Å². The van der Waals surface area contributed by atoms with E-state index in [0.717, 1.165) is 44.3 Å². The van der Waals surface area contributed by atoms with Crippen molar-refractivity contribution in [2.24, 2.45) is 0 Å². The van der Waals surface area contributed by atoms with Crippen LogP contribution in [0.5, 0.6) is 0 Å². The van der Waals surface area contributed by atoms with Crippen molar-refractivity contribution >= 4 is 11.6 Å². The van der Waals surface area contributed by atoms with Gasteiger partial charge < -0.3 is 15.4 Å². The molecule has 0 aliphatic carbocycles. The van der Waals surface area contributed by atoms with Crippen molar-refractivity contribution in [2.45, 2.75) is 25.1 Å². The molecule has 1 amide bonds. The highest BCUT2D eigenvalue weighted by molar-refractivity contribution is 5.91. The molecule has 0 aromatic carbocycles. The topological polar surface area (TPSA) is 63.2 Å². The van der Waals surface area contributed by atoms with Gasteiger partial charge in [-0.15, -0.1) is 0 Å². The number of ether oxygens (including phenoxy) is 1. The van der Waals surface area contributed by atoms with E-state index in [0.29, 0.717) is 0 Å². The third kappa shape index (κ3) is 4.98. The van der Waals surface area contributed by atoms with Gasteiger partial charge in [-0.05, 0) is 38.1 Å². The molecule has 116 valence electrons. The maximum absolute atomic E-state index is 12.3. The number of aromatic nitrogens is 1. The van der Waals surface area contributed by atoms with Crippen LogP contribution in [0.15, 0.2) is 18.3 Å². The second-order valence-corrected chi connectivity index (χ2v) is 4.74. The summed E-state index contributed by atoms with van der Waals surface area (Å²) in [6.45, 7) is 1.59. The van der Waals surface area contributed by atoms with Gasteiger partial charge in [-0.2, -0.15) is 13.2 Å². The molecule has 2 N–H and O–H groups in total. The van der Waals surface area contributed by atoms with Crippen LogP contribution in [0, 0.1) is 0 Å². The Morgan fingerprint density at radius 1 is 1.38 bits per heavy atom. The molecule has 0 radical (unpaired) electrons. The minimum atomic E-state index is -4.49. The molecular formula is C13H16F3N3O2. The van der Waals surface area contributed by atoms with Gasteiger partial charge in [0, 0.05) is 0 Å². The summed E-state index contributed by atoms with van der Waals surface area (Å²) in [6.07, 6.45) is -1.78. The van der Waals surface area contributed by atoms with Crippen LogP contribution in [0.25, 0.3) is 0 Å². The van der Waals surface area contributed by atoms with Gasteiger partial charge >= 0.3 is 6.18 Å². The van der Waals surface area contributed by atoms with Crippen molar-refractivity contribution < 1.29 is 22.7 Å². The fraction of sp³-hybridized carbons (Fsp3) is 0.538. The number of pyridine rings is 1. The molecule has 1 aromatic rings. The maximum atomic E-state index is 12.3. The monoisotopic (exact) mass is 303 g/mol. The van der Waals surface area contributed by atoms with Gasteiger partial charge in [-0.3, -0.25) is 4.79 Å². The lowest BCUT2D eigenvalue weighted by atomic mass is 10.1. The number of hydrogen-bond donors (Lipinski definition) is 2. The molecule has 1 aromatic heterocycles. The van der Waals surface area contributed by atoms with Crippen LogP contribution >= 0.6 is 0 Å². The summed E-state index contributed by atoms with van der Waals surface area (Å²) in [7, 11) is 0. The first-order valence-electron chi connectivity index (χ1n) is 6.60. The van der Waals surface area contributed by atoms with E-state index in [2.05, 4.69) is 15.6 Å². The molecule has 1 fully saturated rings. The van der Waals surface area contributed by atoms with Crippen molar-refractivity contribution in [3.63, 3.8) is 0 Å². The standard InChI is InChI=1S/C13H16F3N3O2/c14-13(15,16)11-2-1-9(7-18-11)19-12(20)8-21-10-3-5-17-6-4-10/h1-2,7,10,17H,3-6,8H2,(H,19,20). The van der Waals surface area contributed by atoms with Gasteiger partial charge in [0.15, 0.2) is 0 Å². The molecule has 8 heteroatoms. The molecule has 5 nitrogen and oxygen atoms in total. The highest BCUT2D eigenvalue weighted by Crippen LogP contribution is 2.27. The number of nitrogens with zero attached hydrogens (tertiary/aromatic N) is 1. The Kier molecular flexibility index (Phi) is 5.13. The number of nitrogens with one attached hydrogen (secondary N) is 2. The van der Waals surface area contributed by atoms with Crippen LogP contribution in [-0.2, 0) is 15.7 Å². The number of carbonyl (C=O) groups excluding carboxylic acids is 1. The quantitative estimate of drug-likeness (QED) is 0.890. The van der Waals surface area contributed by atoms with Crippen LogP contribution in [0.3, 0.4) is 0 Å². The van der Waals surface area contributed by atoms with Crippen LogP contribution in [0.2, 0.25) is 0 Å². The Morgan fingerprint density at radius 2 is 2.10 bits per heavy atom. The number of hydrogen-bond acceptors (Lipinski definition) is 4. The van der Waals surface area contributed by atoms with E-state index >= 15 is 0 Å². The first-order valence-corrected chi connectivity index (χ1v) is 6.60. The zero-order chi connectivity index (χ0) is 15.3. The molecule has 1 aliphatic rings. The maximum Gasteiger partial charge on any atom is 0.433 e. The highest BCUT2D eigenvalue weighted by Gasteiger charge is 2.32. The number of amides is 1. The predicted octanol–water partition coefficient (Wildman–Crippen LogP) is 1.81. The number of alkyl halides is 3. The molecular weight excluding hydrogens is 287 g/mol. The van der Waals surface area contributed by atoms with E-state index in [1.807, 2.05) is 0 Å². The van der Waals surface area contributed by atoms with Crippen molar-refractivity contribution in [3.8, 4) is 0 Å². The molecule has 2 rings (SSSR count). The van der Waals surface area contributed by atoms with Crippen molar-refractivity contribution in [3.05, 3.63) is 24.0 Å². The smallest absolute Gasteiger partial charge is 0.368 e. The molecule has 21 heavy (non-hydrogen) atoms. The molecule has 0 bridgehead atoms. The van der Waals surface area contributed by atoms with Crippen LogP contribution in [0.1, 0.15) is 18.5 Å². The van der Waals surface area contributed by atoms with E-state index in [1.165, 1.54) is 0 Å². The molecule has 0 atom stereocenters. The summed E-state index contributed by atoms with van der Waals surface area (Å²) in [5.41, 5.74) is -0.784. The molecule has 0 saturated carbocycles. The van der Waals surface area contributed by atoms with Crippen molar-refractivity contribution in [2.75, 3.05) is 25.0 Å². The number of anilines is 1. The van der Waals surface area contributed by atoms with Crippen molar-refractivity contribution in [1.82, 2.24) is 10.3 Å². The molecule has 0 spiro atoms. The minimum absolute atomic E-state index is 0.0442. The highest BCUT2D eigenvalue weighted by atomic mass is 19.4. The number of rotatable bonds is 4. The zero-order valence-electron chi connectivity index (χ0n) is 11.2. The Bertz CT molecular complexity index is 471. The van der Waals surface area contributed by atoms with E-state index < -0.39 is 17.8 Å². The fourth-order valence-electron chi connectivity index (χ4n) is 1.99. The van der Waals surface area contributed by atoms with Crippen LogP contribution in [0.4, 0.5) is 18.9 Å². The lowest BCUT2D eigenvalue weighted by Crippen LogP contribution is -2.34. The second kappa shape index (κ2) is 6.86. The van der Waals surface area contributed by atoms with Gasteiger partial charge in [-0.1, -0.05) is 0 Å². The Hall–Kier alpha value is -1.67. The summed E-state index contributed by atoms with van der Waals surface area (Å²) in [5.74, 6) is -0.407. The number of carbonyl (C=O) groups is 1. The third-order valence-corrected chi connectivity index (χ3v) is 3.07. The van der Waals surface area contributed by atoms with Gasteiger partial charge in [0.05, 0.1) is 18.0 Å². The number of halogens is 3. The van der Waals surface area contributed by atoms with Gasteiger partial charge in [-0.25, -0.2) is 4.98 Å². The fourth-order valence-corrected chi connectivity index (χ4v) is 1.99. The largest absolute Gasteiger partial charge is 0.433 e. The summed E-state index contributed by atoms with van der Waals surface area (Å²) in [4.78, 5) is 14.9. The Morgan fingerprint density at radius 3 is 2.67 bits per heavy atom. The summed E-state index contributed by atoms with van der Waals surface area (Å²) >= 11 is 0. The lowest BCUT2D eigenvalue weighted by Gasteiger charge is -2.22. The predicted molar refractivity (Wildman–Crippen MR) is 69.7 cm³/mol. The van der Waals surface area contributed by atoms with Crippen LogP contribution in [-0.4, -0.2) is 36.7 Å². The van der Waals surface area contributed by atoms with Gasteiger partial charge in [0.25, 0.3) is 0 Å². The molecule has 1 saturated heterocycles. The molecule has 1 aliphatic heterocycles. The second-order valence-electron chi connectivity index (χ2n) is 4.74. The number of piperidine rings is 1. The van der Waals surface area contributed by atoms with Crippen molar-refractivity contribution in [1.29, 1.82) is 0 Å². The summed E-state index contributed by atoms with van der Waals surface area (Å²) < 4.78 is 42.4. The van der Waals surface area contributed by atoms with E-state index in [9.17, 15) is 18.0 Å².